The molecular formula is C20H18BrIN2O3. The zero-order valence-electron chi connectivity index (χ0n) is 14.8. The lowest BCUT2D eigenvalue weighted by Crippen LogP contribution is -2.17. The number of para-hydroxylation sites is 1. The fourth-order valence-electron chi connectivity index (χ4n) is 2.40. The van der Waals surface area contributed by atoms with Gasteiger partial charge in [-0.05, 0) is 66.3 Å². The van der Waals surface area contributed by atoms with Crippen molar-refractivity contribution in [2.45, 2.75) is 26.4 Å². The normalized spacial score (nSPS) is 12.4. The van der Waals surface area contributed by atoms with Crippen molar-refractivity contribution in [2.75, 3.05) is 0 Å². The number of rotatable bonds is 6. The molecule has 0 radical (unpaired) electrons. The number of hydrogen-bond acceptors (Lipinski definition) is 4. The predicted molar refractivity (Wildman–Crippen MR) is 119 cm³/mol. The second-order valence-electron chi connectivity index (χ2n) is 5.99. The molecule has 0 unspecified atom stereocenters. The van der Waals surface area contributed by atoms with Gasteiger partial charge in [0.25, 0.3) is 0 Å². The maximum Gasteiger partial charge on any atom is 0.307 e. The average molecular weight is 541 g/mol. The van der Waals surface area contributed by atoms with Crippen molar-refractivity contribution in [1.82, 2.24) is 5.43 Å². The Kier molecular flexibility index (Phi) is 6.54. The third kappa shape index (κ3) is 4.90. The van der Waals surface area contributed by atoms with Crippen LogP contribution in [0.4, 0.5) is 0 Å². The molecule has 0 saturated carbocycles. The molecule has 1 heterocycles. The Morgan fingerprint density at radius 3 is 2.93 bits per heavy atom. The summed E-state index contributed by atoms with van der Waals surface area (Å²) in [4.78, 5) is 12.3. The first-order chi connectivity index (χ1) is 13.0. The van der Waals surface area contributed by atoms with Crippen LogP contribution in [0.3, 0.4) is 0 Å². The van der Waals surface area contributed by atoms with Gasteiger partial charge in [-0.1, -0.05) is 35.0 Å². The highest BCUT2D eigenvalue weighted by molar-refractivity contribution is 14.1. The minimum Gasteiger partial charge on any atom is -0.490 e. The van der Waals surface area contributed by atoms with Crippen LogP contribution in [-0.2, 0) is 0 Å². The third-order valence-electron chi connectivity index (χ3n) is 3.95. The van der Waals surface area contributed by atoms with Crippen molar-refractivity contribution in [3.05, 3.63) is 61.8 Å². The topological polar surface area (TPSA) is 63.8 Å². The van der Waals surface area contributed by atoms with Crippen LogP contribution in [-0.4, -0.2) is 18.2 Å². The van der Waals surface area contributed by atoms with E-state index in [2.05, 4.69) is 56.0 Å². The van der Waals surface area contributed by atoms with Gasteiger partial charge in [-0.2, -0.15) is 5.10 Å². The van der Waals surface area contributed by atoms with Gasteiger partial charge in [0.2, 0.25) is 0 Å². The largest absolute Gasteiger partial charge is 0.490 e. The molecule has 0 fully saturated rings. The highest BCUT2D eigenvalue weighted by Crippen LogP contribution is 2.28. The van der Waals surface area contributed by atoms with Crippen LogP contribution in [0.15, 0.2) is 56.5 Å². The van der Waals surface area contributed by atoms with Crippen LogP contribution < -0.4 is 10.2 Å². The van der Waals surface area contributed by atoms with Crippen molar-refractivity contribution >= 4 is 61.6 Å². The minimum atomic E-state index is -0.408. The maximum atomic E-state index is 12.3. The Balaban J connectivity index is 1.74. The van der Waals surface area contributed by atoms with E-state index in [9.17, 15) is 4.79 Å². The summed E-state index contributed by atoms with van der Waals surface area (Å²) in [5.41, 5.74) is 3.98. The number of furan rings is 1. The molecule has 5 nitrogen and oxygen atoms in total. The summed E-state index contributed by atoms with van der Waals surface area (Å²) in [6.07, 6.45) is 2.58. The van der Waals surface area contributed by atoms with E-state index in [0.29, 0.717) is 5.58 Å². The summed E-state index contributed by atoms with van der Waals surface area (Å²) in [6, 6.07) is 13.1. The smallest absolute Gasteiger partial charge is 0.307 e. The fraction of sp³-hybridized carbons (Fsp3) is 0.200. The van der Waals surface area contributed by atoms with Crippen molar-refractivity contribution in [3.63, 3.8) is 0 Å². The van der Waals surface area contributed by atoms with E-state index in [1.807, 2.05) is 43.3 Å². The number of carbonyl (C=O) groups excluding carboxylic acids is 1. The molecule has 3 aromatic rings. The molecular weight excluding hydrogens is 523 g/mol. The summed E-state index contributed by atoms with van der Waals surface area (Å²) in [5.74, 6) is 0.532. The summed E-state index contributed by atoms with van der Waals surface area (Å²) in [7, 11) is 0. The molecule has 0 saturated heterocycles. The summed E-state index contributed by atoms with van der Waals surface area (Å²) >= 11 is 5.62. The molecule has 0 aliphatic carbocycles. The first kappa shape index (κ1) is 19.9. The van der Waals surface area contributed by atoms with Gasteiger partial charge in [0, 0.05) is 15.4 Å². The van der Waals surface area contributed by atoms with E-state index in [1.165, 1.54) is 0 Å². The van der Waals surface area contributed by atoms with Gasteiger partial charge < -0.3 is 9.15 Å². The Morgan fingerprint density at radius 1 is 1.37 bits per heavy atom. The van der Waals surface area contributed by atoms with Gasteiger partial charge in [0.05, 0.1) is 15.9 Å². The molecule has 0 aliphatic heterocycles. The lowest BCUT2D eigenvalue weighted by Gasteiger charge is -2.14. The number of amides is 1. The maximum absolute atomic E-state index is 12.3. The molecule has 0 bridgehead atoms. The second kappa shape index (κ2) is 8.88. The van der Waals surface area contributed by atoms with Crippen molar-refractivity contribution in [3.8, 4) is 5.75 Å². The van der Waals surface area contributed by atoms with Crippen LogP contribution in [0, 0.1) is 3.57 Å². The number of ether oxygens (including phenoxy) is 1. The molecule has 2 aromatic carbocycles. The Morgan fingerprint density at radius 2 is 2.15 bits per heavy atom. The number of benzene rings is 2. The molecule has 7 heteroatoms. The molecule has 140 valence electrons. The summed E-state index contributed by atoms with van der Waals surface area (Å²) in [5, 5.41) is 4.90. The van der Waals surface area contributed by atoms with E-state index in [-0.39, 0.29) is 11.9 Å². The van der Waals surface area contributed by atoms with E-state index in [1.54, 1.807) is 12.3 Å². The summed E-state index contributed by atoms with van der Waals surface area (Å²) in [6.45, 7) is 4.08. The van der Waals surface area contributed by atoms with Crippen LogP contribution in [0.25, 0.3) is 11.0 Å². The Bertz CT molecular complexity index is 1000. The summed E-state index contributed by atoms with van der Waals surface area (Å²) < 4.78 is 13.4. The Hall–Kier alpha value is -1.87. The zero-order valence-corrected chi connectivity index (χ0v) is 18.6. The molecule has 3 rings (SSSR count). The van der Waals surface area contributed by atoms with Crippen LogP contribution >= 0.6 is 38.5 Å². The standard InChI is InChI=1S/C20H18BrIN2O3/c1-3-12(2)26-17-7-5-4-6-13(17)11-23-24-20(25)18-9-14-8-15(21)10-16(22)19(14)27-18/h4-12H,3H2,1-2H3,(H,24,25)/b23-11-/t12-/m0/s1. The molecule has 27 heavy (non-hydrogen) atoms. The number of hydrazone groups is 1. The average Bonchev–Trinajstić information content (AvgIpc) is 3.07. The zero-order chi connectivity index (χ0) is 19.4. The van der Waals surface area contributed by atoms with E-state index < -0.39 is 5.91 Å². The highest BCUT2D eigenvalue weighted by Gasteiger charge is 2.14. The number of carbonyl (C=O) groups is 1. The van der Waals surface area contributed by atoms with E-state index in [0.717, 1.165) is 31.2 Å². The first-order valence-electron chi connectivity index (χ1n) is 8.45. The number of hydrogen-bond donors (Lipinski definition) is 1. The molecule has 1 aromatic heterocycles. The lowest BCUT2D eigenvalue weighted by atomic mass is 10.2. The van der Waals surface area contributed by atoms with Gasteiger partial charge in [-0.25, -0.2) is 5.43 Å². The lowest BCUT2D eigenvalue weighted by molar-refractivity contribution is 0.0929. The quantitative estimate of drug-likeness (QED) is 0.246. The Labute approximate surface area is 179 Å². The molecule has 0 spiro atoms. The molecule has 1 atom stereocenters. The highest BCUT2D eigenvalue weighted by atomic mass is 127. The molecule has 0 aliphatic rings. The van der Waals surface area contributed by atoms with Gasteiger partial charge in [-0.15, -0.1) is 0 Å². The second-order valence-corrected chi connectivity index (χ2v) is 8.07. The fourth-order valence-corrected chi connectivity index (χ4v) is 4.06. The van der Waals surface area contributed by atoms with Crippen LogP contribution in [0.1, 0.15) is 36.4 Å². The SMILES string of the molecule is CC[C@H](C)Oc1ccccc1/C=N\NC(=O)c1cc2cc(Br)cc(I)c2o1. The van der Waals surface area contributed by atoms with E-state index >= 15 is 0 Å². The van der Waals surface area contributed by atoms with Crippen molar-refractivity contribution in [2.24, 2.45) is 5.10 Å². The number of nitrogens with zero attached hydrogens (tertiary/aromatic N) is 1. The minimum absolute atomic E-state index is 0.103. The number of fused-ring (bicyclic) bond motifs is 1. The van der Waals surface area contributed by atoms with Gasteiger partial charge in [0.1, 0.15) is 11.3 Å². The molecule has 1 amide bonds. The number of halogens is 2. The van der Waals surface area contributed by atoms with E-state index in [4.69, 9.17) is 9.15 Å². The first-order valence-corrected chi connectivity index (χ1v) is 10.3. The number of nitrogens with one attached hydrogen (secondary N) is 1. The van der Waals surface area contributed by atoms with Crippen molar-refractivity contribution in [1.29, 1.82) is 0 Å². The third-order valence-corrected chi connectivity index (χ3v) is 5.21. The van der Waals surface area contributed by atoms with Gasteiger partial charge in [-0.3, -0.25) is 4.79 Å². The monoisotopic (exact) mass is 540 g/mol. The van der Waals surface area contributed by atoms with Crippen molar-refractivity contribution < 1.29 is 13.9 Å². The molecule has 1 N–H and O–H groups in total. The van der Waals surface area contributed by atoms with Gasteiger partial charge in [0.15, 0.2) is 5.76 Å². The van der Waals surface area contributed by atoms with Crippen LogP contribution in [0.2, 0.25) is 0 Å². The van der Waals surface area contributed by atoms with Crippen LogP contribution in [0.5, 0.6) is 5.75 Å². The van der Waals surface area contributed by atoms with Gasteiger partial charge >= 0.3 is 5.91 Å². The predicted octanol–water partition coefficient (Wildman–Crippen LogP) is 5.74.